The molecule has 0 saturated heterocycles. The van der Waals surface area contributed by atoms with Crippen LogP contribution < -0.4 is 0 Å². The molecule has 2 aromatic rings. The number of fused-ring (bicyclic) bond motifs is 1. The van der Waals surface area contributed by atoms with Crippen molar-refractivity contribution in [1.29, 1.82) is 0 Å². The van der Waals surface area contributed by atoms with E-state index in [-0.39, 0.29) is 11.7 Å². The summed E-state index contributed by atoms with van der Waals surface area (Å²) in [6.45, 7) is 5.99. The Bertz CT molecular complexity index is 540. The number of hydrogen-bond donors (Lipinski definition) is 1. The molecule has 90 valence electrons. The van der Waals surface area contributed by atoms with Crippen molar-refractivity contribution in [3.05, 3.63) is 29.6 Å². The summed E-state index contributed by atoms with van der Waals surface area (Å²) in [5, 5.41) is 0.953. The van der Waals surface area contributed by atoms with Gasteiger partial charge in [-0.2, -0.15) is 0 Å². The van der Waals surface area contributed by atoms with E-state index in [4.69, 9.17) is 0 Å². The molecule has 0 aromatic carbocycles. The topological polar surface area (TPSA) is 45.8 Å². The molecule has 0 aliphatic rings. The van der Waals surface area contributed by atoms with Gasteiger partial charge in [-0.25, -0.2) is 4.98 Å². The Hall–Kier alpha value is -1.64. The van der Waals surface area contributed by atoms with Crippen LogP contribution in [0, 0.1) is 5.92 Å². The number of H-pyrrole nitrogens is 1. The zero-order valence-corrected chi connectivity index (χ0v) is 10.6. The van der Waals surface area contributed by atoms with Crippen molar-refractivity contribution < 1.29 is 4.79 Å². The molecule has 2 heterocycles. The van der Waals surface area contributed by atoms with Crippen molar-refractivity contribution in [2.24, 2.45) is 5.92 Å². The molecular weight excluding hydrogens is 212 g/mol. The van der Waals surface area contributed by atoms with Crippen LogP contribution >= 0.6 is 0 Å². The van der Waals surface area contributed by atoms with E-state index >= 15 is 0 Å². The number of carbonyl (C=O) groups excluding carboxylic acids is 1. The van der Waals surface area contributed by atoms with Crippen LogP contribution in [0.15, 0.2) is 18.3 Å². The van der Waals surface area contributed by atoms with Crippen LogP contribution in [0.1, 0.15) is 43.2 Å². The zero-order valence-electron chi connectivity index (χ0n) is 10.6. The molecule has 0 aliphatic carbocycles. The van der Waals surface area contributed by atoms with Crippen LogP contribution in [0.5, 0.6) is 0 Å². The van der Waals surface area contributed by atoms with E-state index in [1.807, 2.05) is 26.0 Å². The average molecular weight is 230 g/mol. The van der Waals surface area contributed by atoms with Gasteiger partial charge in [0.05, 0.1) is 0 Å². The summed E-state index contributed by atoms with van der Waals surface area (Å²) >= 11 is 0. The second-order valence-corrected chi connectivity index (χ2v) is 4.65. The molecular formula is C14H18N2O. The van der Waals surface area contributed by atoms with Gasteiger partial charge >= 0.3 is 0 Å². The Morgan fingerprint density at radius 2 is 2.24 bits per heavy atom. The van der Waals surface area contributed by atoms with Crippen molar-refractivity contribution in [1.82, 2.24) is 9.97 Å². The van der Waals surface area contributed by atoms with Crippen LogP contribution in [0.4, 0.5) is 0 Å². The van der Waals surface area contributed by atoms with Gasteiger partial charge in [-0.1, -0.05) is 27.2 Å². The number of carbonyl (C=O) groups is 1. The molecule has 0 aliphatic heterocycles. The van der Waals surface area contributed by atoms with Crippen molar-refractivity contribution in [2.45, 2.75) is 33.6 Å². The molecule has 0 amide bonds. The number of nitrogens with one attached hydrogen (secondary N) is 1. The minimum Gasteiger partial charge on any atom is -0.343 e. The van der Waals surface area contributed by atoms with Gasteiger partial charge in [-0.3, -0.25) is 4.79 Å². The Balaban J connectivity index is 2.63. The van der Waals surface area contributed by atoms with Crippen LogP contribution in [-0.4, -0.2) is 15.8 Å². The molecule has 0 radical (unpaired) electrons. The zero-order chi connectivity index (χ0) is 12.4. The van der Waals surface area contributed by atoms with Crippen LogP contribution in [0.2, 0.25) is 0 Å². The van der Waals surface area contributed by atoms with Crippen molar-refractivity contribution in [3.63, 3.8) is 0 Å². The lowest BCUT2D eigenvalue weighted by atomic mass is 9.97. The highest BCUT2D eigenvalue weighted by Crippen LogP contribution is 2.24. The number of hydrogen-bond acceptors (Lipinski definition) is 2. The predicted octanol–water partition coefficient (Wildman–Crippen LogP) is 3.35. The normalized spacial score (nSPS) is 11.3. The fraction of sp³-hybridized carbons (Fsp3) is 0.429. The van der Waals surface area contributed by atoms with Gasteiger partial charge in [0.1, 0.15) is 5.65 Å². The molecule has 0 bridgehead atoms. The van der Waals surface area contributed by atoms with E-state index in [0.717, 1.165) is 35.1 Å². The molecule has 0 unspecified atom stereocenters. The number of pyridine rings is 1. The van der Waals surface area contributed by atoms with Gasteiger partial charge in [-0.05, 0) is 18.6 Å². The molecule has 2 aromatic heterocycles. The molecule has 17 heavy (non-hydrogen) atoms. The summed E-state index contributed by atoms with van der Waals surface area (Å²) in [5.74, 6) is 0.220. The smallest absolute Gasteiger partial charge is 0.167 e. The van der Waals surface area contributed by atoms with Gasteiger partial charge in [0.2, 0.25) is 0 Å². The minimum atomic E-state index is 0.0183. The van der Waals surface area contributed by atoms with Gasteiger partial charge in [0.15, 0.2) is 5.78 Å². The second kappa shape index (κ2) is 4.70. The van der Waals surface area contributed by atoms with Gasteiger partial charge in [0, 0.05) is 28.8 Å². The Morgan fingerprint density at radius 3 is 2.88 bits per heavy atom. The third kappa shape index (κ3) is 2.09. The first-order valence-corrected chi connectivity index (χ1v) is 6.15. The van der Waals surface area contributed by atoms with Crippen LogP contribution in [0.3, 0.4) is 0 Å². The summed E-state index contributed by atoms with van der Waals surface area (Å²) in [5.41, 5.74) is 2.69. The highest BCUT2D eigenvalue weighted by molar-refractivity contribution is 6.09. The third-order valence-corrected chi connectivity index (χ3v) is 2.92. The van der Waals surface area contributed by atoms with Crippen molar-refractivity contribution in [3.8, 4) is 0 Å². The summed E-state index contributed by atoms with van der Waals surface area (Å²) in [4.78, 5) is 19.8. The summed E-state index contributed by atoms with van der Waals surface area (Å²) in [6, 6.07) is 3.84. The number of ketones is 1. The van der Waals surface area contributed by atoms with Crippen LogP contribution in [0.25, 0.3) is 11.0 Å². The highest BCUT2D eigenvalue weighted by atomic mass is 16.1. The monoisotopic (exact) mass is 230 g/mol. The second-order valence-electron chi connectivity index (χ2n) is 4.65. The highest BCUT2D eigenvalue weighted by Gasteiger charge is 2.20. The number of rotatable bonds is 4. The van der Waals surface area contributed by atoms with Gasteiger partial charge in [0.25, 0.3) is 0 Å². The number of Topliss-reactive ketones (excluding diaryl/α,β-unsaturated/α-hetero) is 1. The molecule has 0 fully saturated rings. The average Bonchev–Trinajstić information content (AvgIpc) is 2.66. The van der Waals surface area contributed by atoms with Crippen LogP contribution in [-0.2, 0) is 6.42 Å². The summed E-state index contributed by atoms with van der Waals surface area (Å²) in [6.07, 6.45) is 3.66. The molecule has 2 rings (SSSR count). The number of aromatic amines is 1. The first kappa shape index (κ1) is 11.8. The molecule has 3 nitrogen and oxygen atoms in total. The van der Waals surface area contributed by atoms with E-state index < -0.39 is 0 Å². The van der Waals surface area contributed by atoms with Gasteiger partial charge < -0.3 is 4.98 Å². The van der Waals surface area contributed by atoms with E-state index in [1.165, 1.54) is 0 Å². The molecule has 0 atom stereocenters. The van der Waals surface area contributed by atoms with Crippen molar-refractivity contribution >= 4 is 16.8 Å². The number of aromatic nitrogens is 2. The third-order valence-electron chi connectivity index (χ3n) is 2.92. The lowest BCUT2D eigenvalue weighted by Gasteiger charge is -2.05. The lowest BCUT2D eigenvalue weighted by molar-refractivity contribution is 0.0940. The first-order valence-electron chi connectivity index (χ1n) is 6.15. The maximum atomic E-state index is 12.3. The molecule has 0 spiro atoms. The lowest BCUT2D eigenvalue weighted by Crippen LogP contribution is -2.09. The van der Waals surface area contributed by atoms with E-state index in [0.29, 0.717) is 0 Å². The van der Waals surface area contributed by atoms with E-state index in [9.17, 15) is 4.79 Å². The Morgan fingerprint density at radius 1 is 1.47 bits per heavy atom. The molecule has 1 N–H and O–H groups in total. The van der Waals surface area contributed by atoms with E-state index in [2.05, 4.69) is 16.9 Å². The standard InChI is InChI=1S/C14H18N2O/c1-4-6-11-12(13(17)9(2)3)10-7-5-8-15-14(10)16-11/h5,7-9H,4,6H2,1-3H3,(H,15,16). The first-order chi connectivity index (χ1) is 8.15. The fourth-order valence-electron chi connectivity index (χ4n) is 2.08. The maximum Gasteiger partial charge on any atom is 0.167 e. The Kier molecular flexibility index (Phi) is 3.27. The molecule has 3 heteroatoms. The summed E-state index contributed by atoms with van der Waals surface area (Å²) < 4.78 is 0. The minimum absolute atomic E-state index is 0.0183. The van der Waals surface area contributed by atoms with E-state index in [1.54, 1.807) is 6.20 Å². The number of nitrogens with zero attached hydrogens (tertiary/aromatic N) is 1. The SMILES string of the molecule is CCCc1[nH]c2ncccc2c1C(=O)C(C)C. The fourth-order valence-corrected chi connectivity index (χ4v) is 2.08. The summed E-state index contributed by atoms with van der Waals surface area (Å²) in [7, 11) is 0. The van der Waals surface area contributed by atoms with Crippen molar-refractivity contribution in [2.75, 3.05) is 0 Å². The number of aryl methyl sites for hydroxylation is 1. The predicted molar refractivity (Wildman–Crippen MR) is 69.3 cm³/mol. The quantitative estimate of drug-likeness (QED) is 0.819. The van der Waals surface area contributed by atoms with Gasteiger partial charge in [-0.15, -0.1) is 0 Å². The Labute approximate surface area is 101 Å². The largest absolute Gasteiger partial charge is 0.343 e. The molecule has 0 saturated carbocycles. The maximum absolute atomic E-state index is 12.3.